The molecule has 2 aromatic rings. The summed E-state index contributed by atoms with van der Waals surface area (Å²) in [5.74, 6) is -0.254. The molecule has 0 saturated heterocycles. The van der Waals surface area contributed by atoms with Gasteiger partial charge in [0.25, 0.3) is 5.91 Å². The Bertz CT molecular complexity index is 701. The van der Waals surface area contributed by atoms with Crippen LogP contribution in [0.1, 0.15) is 29.8 Å². The Hall–Kier alpha value is -2.37. The van der Waals surface area contributed by atoms with Gasteiger partial charge < -0.3 is 16.0 Å². The van der Waals surface area contributed by atoms with Crippen LogP contribution in [-0.2, 0) is 11.2 Å². The molecule has 0 spiro atoms. The third-order valence-corrected chi connectivity index (χ3v) is 4.09. The SMILES string of the molecule is CCN(CC)C(=O)c1ccc(NC(=O)[C@@H](N)Cc2ccccc2)cc1.Cl. The average molecular weight is 376 g/mol. The first kappa shape index (κ1) is 21.7. The summed E-state index contributed by atoms with van der Waals surface area (Å²) in [7, 11) is 0. The molecule has 1 atom stereocenters. The minimum atomic E-state index is -0.626. The van der Waals surface area contributed by atoms with Gasteiger partial charge in [-0.2, -0.15) is 0 Å². The lowest BCUT2D eigenvalue weighted by atomic mass is 10.1. The third-order valence-electron chi connectivity index (χ3n) is 4.09. The zero-order valence-corrected chi connectivity index (χ0v) is 16.0. The molecule has 0 heterocycles. The lowest BCUT2D eigenvalue weighted by molar-refractivity contribution is -0.117. The highest BCUT2D eigenvalue weighted by Gasteiger charge is 2.15. The number of amides is 2. The Labute approximate surface area is 161 Å². The molecule has 5 nitrogen and oxygen atoms in total. The van der Waals surface area contributed by atoms with Gasteiger partial charge in [-0.1, -0.05) is 30.3 Å². The number of nitrogens with one attached hydrogen (secondary N) is 1. The van der Waals surface area contributed by atoms with Gasteiger partial charge in [-0.3, -0.25) is 9.59 Å². The van der Waals surface area contributed by atoms with Crippen molar-refractivity contribution in [2.24, 2.45) is 5.73 Å². The zero-order chi connectivity index (χ0) is 18.2. The highest BCUT2D eigenvalue weighted by atomic mass is 35.5. The Morgan fingerprint density at radius 2 is 1.58 bits per heavy atom. The van der Waals surface area contributed by atoms with Crippen molar-refractivity contribution in [2.75, 3.05) is 18.4 Å². The molecule has 0 unspecified atom stereocenters. The predicted molar refractivity (Wildman–Crippen MR) is 108 cm³/mol. The van der Waals surface area contributed by atoms with Crippen LogP contribution in [0.25, 0.3) is 0 Å². The van der Waals surface area contributed by atoms with Crippen LogP contribution in [0.3, 0.4) is 0 Å². The lowest BCUT2D eigenvalue weighted by Crippen LogP contribution is -2.37. The summed E-state index contributed by atoms with van der Waals surface area (Å²) in [6, 6.07) is 15.9. The normalized spacial score (nSPS) is 11.2. The fraction of sp³-hybridized carbons (Fsp3) is 0.300. The number of anilines is 1. The van der Waals surface area contributed by atoms with Crippen LogP contribution < -0.4 is 11.1 Å². The summed E-state index contributed by atoms with van der Waals surface area (Å²) in [6.07, 6.45) is 0.477. The van der Waals surface area contributed by atoms with Gasteiger partial charge in [0, 0.05) is 24.3 Å². The molecule has 0 bridgehead atoms. The molecule has 0 fully saturated rings. The minimum absolute atomic E-state index is 0. The molecule has 26 heavy (non-hydrogen) atoms. The van der Waals surface area contributed by atoms with Crippen molar-refractivity contribution in [3.8, 4) is 0 Å². The van der Waals surface area contributed by atoms with Crippen molar-refractivity contribution in [1.82, 2.24) is 4.90 Å². The van der Waals surface area contributed by atoms with Crippen molar-refractivity contribution in [2.45, 2.75) is 26.3 Å². The molecule has 0 aliphatic heterocycles. The molecule has 2 aromatic carbocycles. The Kier molecular flexibility index (Phi) is 8.82. The van der Waals surface area contributed by atoms with Crippen LogP contribution in [-0.4, -0.2) is 35.8 Å². The number of rotatable bonds is 7. The van der Waals surface area contributed by atoms with Crippen LogP contribution in [0.4, 0.5) is 5.69 Å². The van der Waals surface area contributed by atoms with Gasteiger partial charge in [-0.15, -0.1) is 12.4 Å². The molecule has 2 rings (SSSR count). The van der Waals surface area contributed by atoms with Crippen molar-refractivity contribution in [1.29, 1.82) is 0 Å². The number of benzene rings is 2. The van der Waals surface area contributed by atoms with E-state index in [0.717, 1.165) is 5.56 Å². The summed E-state index contributed by atoms with van der Waals surface area (Å²) in [5.41, 5.74) is 8.23. The molecule has 2 amide bonds. The molecular formula is C20H26ClN3O2. The standard InChI is InChI=1S/C20H25N3O2.ClH/c1-3-23(4-2)20(25)16-10-12-17(13-11-16)22-19(24)18(21)14-15-8-6-5-7-9-15;/h5-13,18H,3-4,14,21H2,1-2H3,(H,22,24);1H/t18-;/m0./s1. The molecule has 0 radical (unpaired) electrons. The smallest absolute Gasteiger partial charge is 0.253 e. The Morgan fingerprint density at radius 1 is 1.00 bits per heavy atom. The van der Waals surface area contributed by atoms with Crippen LogP contribution in [0.15, 0.2) is 54.6 Å². The molecule has 140 valence electrons. The second-order valence-corrected chi connectivity index (χ2v) is 5.84. The first-order valence-electron chi connectivity index (χ1n) is 8.54. The highest BCUT2D eigenvalue weighted by Crippen LogP contribution is 2.12. The van der Waals surface area contributed by atoms with E-state index < -0.39 is 6.04 Å². The van der Waals surface area contributed by atoms with Crippen molar-refractivity contribution >= 4 is 29.9 Å². The van der Waals surface area contributed by atoms with E-state index >= 15 is 0 Å². The first-order chi connectivity index (χ1) is 12.0. The zero-order valence-electron chi connectivity index (χ0n) is 15.1. The maximum absolute atomic E-state index is 12.3. The fourth-order valence-corrected chi connectivity index (χ4v) is 2.59. The molecule has 0 aromatic heterocycles. The van der Waals surface area contributed by atoms with Gasteiger partial charge in [-0.05, 0) is 50.1 Å². The van der Waals surface area contributed by atoms with Crippen LogP contribution in [0.2, 0.25) is 0 Å². The molecular weight excluding hydrogens is 350 g/mol. The van der Waals surface area contributed by atoms with Crippen LogP contribution in [0, 0.1) is 0 Å². The number of hydrogen-bond acceptors (Lipinski definition) is 3. The van der Waals surface area contributed by atoms with E-state index in [1.807, 2.05) is 44.2 Å². The molecule has 6 heteroatoms. The van der Waals surface area contributed by atoms with Crippen molar-refractivity contribution < 1.29 is 9.59 Å². The van der Waals surface area contributed by atoms with Crippen LogP contribution >= 0.6 is 12.4 Å². The quantitative estimate of drug-likeness (QED) is 0.780. The molecule has 0 saturated carbocycles. The van der Waals surface area contributed by atoms with E-state index in [0.29, 0.717) is 30.8 Å². The minimum Gasteiger partial charge on any atom is -0.339 e. The Balaban J connectivity index is 0.00000338. The fourth-order valence-electron chi connectivity index (χ4n) is 2.59. The number of hydrogen-bond donors (Lipinski definition) is 2. The maximum atomic E-state index is 12.3. The summed E-state index contributed by atoms with van der Waals surface area (Å²) in [4.78, 5) is 26.2. The van der Waals surface area contributed by atoms with E-state index in [4.69, 9.17) is 5.73 Å². The number of carbonyl (C=O) groups is 2. The van der Waals surface area contributed by atoms with Crippen molar-refractivity contribution in [3.05, 3.63) is 65.7 Å². The number of nitrogens with two attached hydrogens (primary N) is 1. The van der Waals surface area contributed by atoms with Gasteiger partial charge in [0.05, 0.1) is 6.04 Å². The third kappa shape index (κ3) is 5.86. The van der Waals surface area contributed by atoms with Crippen LogP contribution in [0.5, 0.6) is 0 Å². The van der Waals surface area contributed by atoms with E-state index in [9.17, 15) is 9.59 Å². The number of nitrogens with zero attached hydrogens (tertiary/aromatic N) is 1. The number of halogens is 1. The monoisotopic (exact) mass is 375 g/mol. The van der Waals surface area contributed by atoms with Gasteiger partial charge in [0.1, 0.15) is 0 Å². The molecule has 0 aliphatic carbocycles. The summed E-state index contributed by atoms with van der Waals surface area (Å²) < 4.78 is 0. The van der Waals surface area contributed by atoms with E-state index in [2.05, 4.69) is 5.32 Å². The number of carbonyl (C=O) groups excluding carboxylic acids is 2. The molecule has 3 N–H and O–H groups in total. The first-order valence-corrected chi connectivity index (χ1v) is 8.54. The van der Waals surface area contributed by atoms with E-state index in [-0.39, 0.29) is 24.2 Å². The summed E-state index contributed by atoms with van der Waals surface area (Å²) in [5, 5.41) is 2.80. The van der Waals surface area contributed by atoms with Gasteiger partial charge in [0.15, 0.2) is 0 Å². The molecule has 0 aliphatic rings. The van der Waals surface area contributed by atoms with Gasteiger partial charge in [0.2, 0.25) is 5.91 Å². The summed E-state index contributed by atoms with van der Waals surface area (Å²) >= 11 is 0. The second-order valence-electron chi connectivity index (χ2n) is 5.84. The van der Waals surface area contributed by atoms with Gasteiger partial charge >= 0.3 is 0 Å². The average Bonchev–Trinajstić information content (AvgIpc) is 2.64. The van der Waals surface area contributed by atoms with Gasteiger partial charge in [-0.25, -0.2) is 0 Å². The topological polar surface area (TPSA) is 75.4 Å². The maximum Gasteiger partial charge on any atom is 0.253 e. The predicted octanol–water partition coefficient (Wildman–Crippen LogP) is 3.10. The Morgan fingerprint density at radius 3 is 2.12 bits per heavy atom. The summed E-state index contributed by atoms with van der Waals surface area (Å²) in [6.45, 7) is 5.23. The van der Waals surface area contributed by atoms with Crippen molar-refractivity contribution in [3.63, 3.8) is 0 Å². The van der Waals surface area contributed by atoms with E-state index in [1.54, 1.807) is 29.2 Å². The largest absolute Gasteiger partial charge is 0.339 e. The lowest BCUT2D eigenvalue weighted by Gasteiger charge is -2.18. The highest BCUT2D eigenvalue weighted by molar-refractivity contribution is 5.97. The second kappa shape index (κ2) is 10.6. The van der Waals surface area contributed by atoms with E-state index in [1.165, 1.54) is 0 Å².